The number of hydrogen-bond acceptors (Lipinski definition) is 3. The van der Waals surface area contributed by atoms with Gasteiger partial charge >= 0.3 is 5.97 Å². The van der Waals surface area contributed by atoms with Gasteiger partial charge in [-0.2, -0.15) is 4.99 Å². The van der Waals surface area contributed by atoms with Gasteiger partial charge in [-0.05, 0) is 24.1 Å². The molecule has 0 bridgehead atoms. The second-order valence-corrected chi connectivity index (χ2v) is 3.07. The first-order chi connectivity index (χ1) is 7.19. The molecule has 0 radical (unpaired) electrons. The van der Waals surface area contributed by atoms with Crippen molar-refractivity contribution < 1.29 is 14.7 Å². The van der Waals surface area contributed by atoms with Crippen molar-refractivity contribution in [2.45, 2.75) is 19.4 Å². The first kappa shape index (κ1) is 11.1. The van der Waals surface area contributed by atoms with Crippen LogP contribution in [0.3, 0.4) is 0 Å². The summed E-state index contributed by atoms with van der Waals surface area (Å²) < 4.78 is 0. The van der Waals surface area contributed by atoms with Crippen molar-refractivity contribution in [1.82, 2.24) is 0 Å². The third-order valence-electron chi connectivity index (χ3n) is 2.14. The Morgan fingerprint density at radius 2 is 2.07 bits per heavy atom. The summed E-state index contributed by atoms with van der Waals surface area (Å²) in [6.07, 6.45) is 2.20. The van der Waals surface area contributed by atoms with Crippen molar-refractivity contribution in [3.63, 3.8) is 0 Å². The van der Waals surface area contributed by atoms with Crippen LogP contribution in [-0.2, 0) is 4.79 Å². The Kier molecular flexibility index (Phi) is 3.77. The van der Waals surface area contributed by atoms with Gasteiger partial charge in [-0.15, -0.1) is 0 Å². The number of aliphatic imine (C=N–C) groups is 1. The molecule has 0 aromatic heterocycles. The molecule has 1 atom stereocenters. The summed E-state index contributed by atoms with van der Waals surface area (Å²) in [7, 11) is 0. The molecule has 4 nitrogen and oxygen atoms in total. The van der Waals surface area contributed by atoms with Crippen LogP contribution in [-0.4, -0.2) is 17.2 Å². The highest BCUT2D eigenvalue weighted by molar-refractivity contribution is 5.87. The van der Waals surface area contributed by atoms with Crippen molar-refractivity contribution in [3.8, 4) is 0 Å². The zero-order chi connectivity index (χ0) is 11.3. The van der Waals surface area contributed by atoms with Crippen LogP contribution in [0.15, 0.2) is 29.3 Å². The fourth-order valence-corrected chi connectivity index (χ4v) is 1.31. The van der Waals surface area contributed by atoms with Crippen LogP contribution in [0.4, 0.5) is 0 Å². The maximum Gasteiger partial charge on any atom is 0.335 e. The molecule has 1 rings (SSSR count). The van der Waals surface area contributed by atoms with Crippen LogP contribution in [0.1, 0.15) is 35.3 Å². The van der Waals surface area contributed by atoms with Gasteiger partial charge in [0.25, 0.3) is 0 Å². The SMILES string of the molecule is CC[C@@H](N=C=O)c1ccc(C(=O)O)cc1. The monoisotopic (exact) mass is 205 g/mol. The van der Waals surface area contributed by atoms with Crippen LogP contribution < -0.4 is 0 Å². The largest absolute Gasteiger partial charge is 0.478 e. The van der Waals surface area contributed by atoms with E-state index in [0.29, 0.717) is 6.42 Å². The normalized spacial score (nSPS) is 11.5. The second-order valence-electron chi connectivity index (χ2n) is 3.07. The van der Waals surface area contributed by atoms with Crippen LogP contribution in [0.5, 0.6) is 0 Å². The van der Waals surface area contributed by atoms with Gasteiger partial charge in [0, 0.05) is 0 Å². The quantitative estimate of drug-likeness (QED) is 0.605. The lowest BCUT2D eigenvalue weighted by Crippen LogP contribution is -1.98. The predicted octanol–water partition coefficient (Wildman–Crippen LogP) is 2.17. The van der Waals surface area contributed by atoms with Gasteiger partial charge in [0.1, 0.15) is 0 Å². The number of nitrogens with zero attached hydrogens (tertiary/aromatic N) is 1. The van der Waals surface area contributed by atoms with Gasteiger partial charge in [-0.1, -0.05) is 19.1 Å². The Bertz CT molecular complexity index is 391. The summed E-state index contributed by atoms with van der Waals surface area (Å²) in [6.45, 7) is 1.90. The van der Waals surface area contributed by atoms with Gasteiger partial charge in [-0.3, -0.25) is 0 Å². The fourth-order valence-electron chi connectivity index (χ4n) is 1.31. The highest BCUT2D eigenvalue weighted by Crippen LogP contribution is 2.20. The molecule has 0 aliphatic heterocycles. The van der Waals surface area contributed by atoms with Gasteiger partial charge < -0.3 is 5.11 Å². The predicted molar refractivity (Wildman–Crippen MR) is 54.6 cm³/mol. The molecule has 1 aromatic rings. The standard InChI is InChI=1S/C11H11NO3/c1-2-10(12-7-13)8-3-5-9(6-4-8)11(14)15/h3-6,10H,2H2,1H3,(H,14,15)/t10-/m1/s1. The van der Waals surface area contributed by atoms with Gasteiger partial charge in [0.15, 0.2) is 0 Å². The molecule has 0 aliphatic carbocycles. The third kappa shape index (κ3) is 2.76. The van der Waals surface area contributed by atoms with E-state index in [2.05, 4.69) is 4.99 Å². The van der Waals surface area contributed by atoms with Gasteiger partial charge in [-0.25, -0.2) is 9.59 Å². The Labute approximate surface area is 87.3 Å². The molecule has 0 spiro atoms. The lowest BCUT2D eigenvalue weighted by atomic mass is 10.0. The number of carboxylic acid groups (broad SMARTS) is 1. The molecule has 0 saturated carbocycles. The second kappa shape index (κ2) is 5.08. The fraction of sp³-hybridized carbons (Fsp3) is 0.273. The van der Waals surface area contributed by atoms with Crippen LogP contribution in [0.25, 0.3) is 0 Å². The maximum absolute atomic E-state index is 10.6. The lowest BCUT2D eigenvalue weighted by Gasteiger charge is -2.07. The summed E-state index contributed by atoms with van der Waals surface area (Å²) in [4.78, 5) is 24.4. The summed E-state index contributed by atoms with van der Waals surface area (Å²) in [5.41, 5.74) is 1.05. The number of aromatic carboxylic acids is 1. The number of benzene rings is 1. The molecule has 0 saturated heterocycles. The smallest absolute Gasteiger partial charge is 0.335 e. The Balaban J connectivity index is 2.96. The number of rotatable bonds is 4. The van der Waals surface area contributed by atoms with E-state index in [-0.39, 0.29) is 11.6 Å². The van der Waals surface area contributed by atoms with E-state index >= 15 is 0 Å². The van der Waals surface area contributed by atoms with Crippen LogP contribution in [0.2, 0.25) is 0 Å². The van der Waals surface area contributed by atoms with E-state index < -0.39 is 5.97 Å². The molecule has 1 aromatic carbocycles. The zero-order valence-corrected chi connectivity index (χ0v) is 8.30. The molecule has 1 N–H and O–H groups in total. The number of isocyanates is 1. The van der Waals surface area contributed by atoms with Crippen molar-refractivity contribution in [2.75, 3.05) is 0 Å². The summed E-state index contributed by atoms with van der Waals surface area (Å²) >= 11 is 0. The average molecular weight is 205 g/mol. The molecular weight excluding hydrogens is 194 g/mol. The number of carbonyl (C=O) groups is 1. The van der Waals surface area contributed by atoms with E-state index in [4.69, 9.17) is 5.11 Å². The van der Waals surface area contributed by atoms with E-state index in [1.807, 2.05) is 6.92 Å². The first-order valence-electron chi connectivity index (χ1n) is 4.59. The highest BCUT2D eigenvalue weighted by atomic mass is 16.4. The number of carbonyl (C=O) groups excluding carboxylic acids is 1. The van der Waals surface area contributed by atoms with E-state index in [1.165, 1.54) is 18.2 Å². The minimum Gasteiger partial charge on any atom is -0.478 e. The Morgan fingerprint density at radius 1 is 1.47 bits per heavy atom. The molecule has 4 heteroatoms. The number of hydrogen-bond donors (Lipinski definition) is 1. The van der Waals surface area contributed by atoms with E-state index in [1.54, 1.807) is 12.1 Å². The lowest BCUT2D eigenvalue weighted by molar-refractivity contribution is 0.0697. The van der Waals surface area contributed by atoms with Gasteiger partial charge in [0.05, 0.1) is 11.6 Å². The minimum atomic E-state index is -0.964. The van der Waals surface area contributed by atoms with Crippen LogP contribution >= 0.6 is 0 Å². The van der Waals surface area contributed by atoms with E-state index in [0.717, 1.165) is 5.56 Å². The Morgan fingerprint density at radius 3 is 2.47 bits per heavy atom. The summed E-state index contributed by atoms with van der Waals surface area (Å²) in [5.74, 6) is -0.964. The molecule has 0 fully saturated rings. The van der Waals surface area contributed by atoms with Crippen LogP contribution in [0, 0.1) is 0 Å². The van der Waals surface area contributed by atoms with Crippen molar-refractivity contribution in [3.05, 3.63) is 35.4 Å². The zero-order valence-electron chi connectivity index (χ0n) is 8.30. The van der Waals surface area contributed by atoms with Crippen molar-refractivity contribution >= 4 is 12.0 Å². The van der Waals surface area contributed by atoms with Gasteiger partial charge in [0.2, 0.25) is 6.08 Å². The molecule has 78 valence electrons. The highest BCUT2D eigenvalue weighted by Gasteiger charge is 2.08. The molecule has 0 amide bonds. The molecular formula is C11H11NO3. The molecule has 0 unspecified atom stereocenters. The summed E-state index contributed by atoms with van der Waals surface area (Å²) in [6, 6.07) is 6.10. The molecule has 0 heterocycles. The molecule has 15 heavy (non-hydrogen) atoms. The average Bonchev–Trinajstić information content (AvgIpc) is 2.26. The van der Waals surface area contributed by atoms with Crippen molar-refractivity contribution in [1.29, 1.82) is 0 Å². The number of carboxylic acids is 1. The Hall–Kier alpha value is -1.93. The minimum absolute atomic E-state index is 0.226. The molecule has 0 aliphatic rings. The maximum atomic E-state index is 10.6. The summed E-state index contributed by atoms with van der Waals surface area (Å²) in [5, 5.41) is 8.69. The topological polar surface area (TPSA) is 66.7 Å². The first-order valence-corrected chi connectivity index (χ1v) is 4.59. The van der Waals surface area contributed by atoms with Crippen molar-refractivity contribution in [2.24, 2.45) is 4.99 Å². The third-order valence-corrected chi connectivity index (χ3v) is 2.14. The van der Waals surface area contributed by atoms with E-state index in [9.17, 15) is 9.59 Å².